The smallest absolute Gasteiger partial charge is 0.224 e. The molecular weight excluding hydrogens is 231 g/mol. The molecule has 0 spiro atoms. The van der Waals surface area contributed by atoms with Gasteiger partial charge in [-0.15, -0.1) is 0 Å². The predicted octanol–water partition coefficient (Wildman–Crippen LogP) is 3.18. The van der Waals surface area contributed by atoms with Gasteiger partial charge in [-0.2, -0.15) is 4.98 Å². The lowest BCUT2D eigenvalue weighted by atomic mass is 9.95. The topological polar surface area (TPSA) is 49.8 Å². The molecule has 1 aromatic rings. The van der Waals surface area contributed by atoms with Crippen molar-refractivity contribution in [3.05, 3.63) is 12.0 Å². The molecular formula is C13H21FN4. The quantitative estimate of drug-likeness (QED) is 0.845. The van der Waals surface area contributed by atoms with E-state index < -0.39 is 0 Å². The van der Waals surface area contributed by atoms with Crippen LogP contribution in [0.4, 0.5) is 16.2 Å². The lowest BCUT2D eigenvalue weighted by molar-refractivity contribution is 0.459. The van der Waals surface area contributed by atoms with E-state index in [2.05, 4.69) is 27.5 Å². The van der Waals surface area contributed by atoms with Crippen LogP contribution in [0.2, 0.25) is 0 Å². The molecule has 0 amide bonds. The Labute approximate surface area is 107 Å². The van der Waals surface area contributed by atoms with Crippen LogP contribution in [0.15, 0.2) is 6.20 Å². The van der Waals surface area contributed by atoms with Gasteiger partial charge in [0.15, 0.2) is 11.6 Å². The standard InChI is InChI=1S/C13H21FN4/c1-2-8-15-13-16-9-11(14)12(18-13)17-10-6-4-3-5-7-10/h9-10H,2-8H2,1H3,(H2,15,16,17,18). The van der Waals surface area contributed by atoms with Crippen molar-refractivity contribution in [2.24, 2.45) is 0 Å². The van der Waals surface area contributed by atoms with Gasteiger partial charge in [-0.25, -0.2) is 9.37 Å². The van der Waals surface area contributed by atoms with Gasteiger partial charge < -0.3 is 10.6 Å². The summed E-state index contributed by atoms with van der Waals surface area (Å²) in [5.41, 5.74) is 0. The van der Waals surface area contributed by atoms with Gasteiger partial charge in [-0.1, -0.05) is 26.2 Å². The summed E-state index contributed by atoms with van der Waals surface area (Å²) >= 11 is 0. The van der Waals surface area contributed by atoms with Crippen molar-refractivity contribution in [3.63, 3.8) is 0 Å². The average molecular weight is 252 g/mol. The molecule has 1 aromatic heterocycles. The minimum atomic E-state index is -0.373. The molecule has 0 bridgehead atoms. The van der Waals surface area contributed by atoms with Crippen LogP contribution in [0.25, 0.3) is 0 Å². The highest BCUT2D eigenvalue weighted by Gasteiger charge is 2.16. The van der Waals surface area contributed by atoms with E-state index in [1.807, 2.05) is 0 Å². The number of anilines is 2. The molecule has 100 valence electrons. The van der Waals surface area contributed by atoms with Gasteiger partial charge in [0.25, 0.3) is 0 Å². The van der Waals surface area contributed by atoms with Gasteiger partial charge in [0.05, 0.1) is 6.20 Å². The fraction of sp³-hybridized carbons (Fsp3) is 0.692. The number of nitrogens with zero attached hydrogens (tertiary/aromatic N) is 2. The van der Waals surface area contributed by atoms with Crippen LogP contribution >= 0.6 is 0 Å². The molecule has 0 saturated heterocycles. The third-order valence-electron chi connectivity index (χ3n) is 3.22. The molecule has 1 heterocycles. The second kappa shape index (κ2) is 6.52. The van der Waals surface area contributed by atoms with E-state index in [0.29, 0.717) is 17.8 Å². The Morgan fingerprint density at radius 2 is 2.11 bits per heavy atom. The van der Waals surface area contributed by atoms with Crippen molar-refractivity contribution in [2.45, 2.75) is 51.5 Å². The molecule has 1 fully saturated rings. The lowest BCUT2D eigenvalue weighted by Gasteiger charge is -2.23. The maximum atomic E-state index is 13.6. The first-order valence-corrected chi connectivity index (χ1v) is 6.82. The largest absolute Gasteiger partial charge is 0.365 e. The molecule has 2 rings (SSSR count). The van der Waals surface area contributed by atoms with E-state index in [-0.39, 0.29) is 5.82 Å². The molecule has 0 unspecified atom stereocenters. The number of nitrogens with one attached hydrogen (secondary N) is 2. The molecule has 0 aromatic carbocycles. The monoisotopic (exact) mass is 252 g/mol. The summed E-state index contributed by atoms with van der Waals surface area (Å²) in [7, 11) is 0. The van der Waals surface area contributed by atoms with E-state index in [1.165, 1.54) is 25.5 Å². The summed E-state index contributed by atoms with van der Waals surface area (Å²) in [4.78, 5) is 8.13. The van der Waals surface area contributed by atoms with Crippen molar-refractivity contribution in [2.75, 3.05) is 17.2 Å². The molecule has 1 aliphatic rings. The number of halogens is 1. The highest BCUT2D eigenvalue weighted by atomic mass is 19.1. The molecule has 4 nitrogen and oxygen atoms in total. The van der Waals surface area contributed by atoms with Crippen molar-refractivity contribution in [1.29, 1.82) is 0 Å². The van der Waals surface area contributed by atoms with E-state index in [9.17, 15) is 4.39 Å². The van der Waals surface area contributed by atoms with Crippen LogP contribution in [0.3, 0.4) is 0 Å². The van der Waals surface area contributed by atoms with E-state index in [1.54, 1.807) is 0 Å². The Hall–Kier alpha value is -1.39. The zero-order valence-electron chi connectivity index (χ0n) is 10.9. The van der Waals surface area contributed by atoms with Gasteiger partial charge in [0.1, 0.15) is 0 Å². The first kappa shape index (κ1) is 13.1. The molecule has 0 atom stereocenters. The van der Waals surface area contributed by atoms with Crippen molar-refractivity contribution in [1.82, 2.24) is 9.97 Å². The Kier molecular flexibility index (Phi) is 4.73. The number of rotatable bonds is 5. The third-order valence-corrected chi connectivity index (χ3v) is 3.22. The van der Waals surface area contributed by atoms with Crippen molar-refractivity contribution in [3.8, 4) is 0 Å². The Morgan fingerprint density at radius 3 is 2.83 bits per heavy atom. The lowest BCUT2D eigenvalue weighted by Crippen LogP contribution is -2.24. The zero-order chi connectivity index (χ0) is 12.8. The predicted molar refractivity (Wildman–Crippen MR) is 71.3 cm³/mol. The summed E-state index contributed by atoms with van der Waals surface area (Å²) < 4.78 is 13.6. The molecule has 0 radical (unpaired) electrons. The number of aromatic nitrogens is 2. The molecule has 2 N–H and O–H groups in total. The van der Waals surface area contributed by atoms with Crippen molar-refractivity contribution >= 4 is 11.8 Å². The fourth-order valence-electron chi connectivity index (χ4n) is 2.23. The summed E-state index contributed by atoms with van der Waals surface area (Å²) in [5.74, 6) is 0.453. The van der Waals surface area contributed by atoms with Crippen LogP contribution in [-0.2, 0) is 0 Å². The number of hydrogen-bond acceptors (Lipinski definition) is 4. The normalized spacial score (nSPS) is 16.6. The van der Waals surface area contributed by atoms with E-state index in [0.717, 1.165) is 25.8 Å². The van der Waals surface area contributed by atoms with Crippen LogP contribution in [0.5, 0.6) is 0 Å². The summed E-state index contributed by atoms with van der Waals surface area (Å²) in [6.07, 6.45) is 8.13. The van der Waals surface area contributed by atoms with Crippen LogP contribution in [-0.4, -0.2) is 22.6 Å². The van der Waals surface area contributed by atoms with Gasteiger partial charge in [-0.3, -0.25) is 0 Å². The minimum absolute atomic E-state index is 0.329. The SMILES string of the molecule is CCCNc1ncc(F)c(NC2CCCCC2)n1. The molecule has 1 saturated carbocycles. The van der Waals surface area contributed by atoms with Crippen LogP contribution < -0.4 is 10.6 Å². The first-order valence-electron chi connectivity index (χ1n) is 6.82. The maximum absolute atomic E-state index is 13.6. The van der Waals surface area contributed by atoms with E-state index in [4.69, 9.17) is 0 Å². The average Bonchev–Trinajstić information content (AvgIpc) is 2.41. The van der Waals surface area contributed by atoms with Gasteiger partial charge in [0, 0.05) is 12.6 Å². The minimum Gasteiger partial charge on any atom is -0.365 e. The summed E-state index contributed by atoms with van der Waals surface area (Å²) in [6, 6.07) is 0.349. The number of hydrogen-bond donors (Lipinski definition) is 2. The third kappa shape index (κ3) is 3.55. The van der Waals surface area contributed by atoms with Crippen molar-refractivity contribution < 1.29 is 4.39 Å². The van der Waals surface area contributed by atoms with Gasteiger partial charge >= 0.3 is 0 Å². The van der Waals surface area contributed by atoms with Gasteiger partial charge in [0.2, 0.25) is 5.95 Å². The maximum Gasteiger partial charge on any atom is 0.224 e. The molecule has 18 heavy (non-hydrogen) atoms. The zero-order valence-corrected chi connectivity index (χ0v) is 10.9. The Bertz CT molecular complexity index is 377. The summed E-state index contributed by atoms with van der Waals surface area (Å²) in [6.45, 7) is 2.87. The highest BCUT2D eigenvalue weighted by molar-refractivity contribution is 5.41. The molecule has 5 heteroatoms. The first-order chi connectivity index (χ1) is 8.79. The molecule has 1 aliphatic carbocycles. The van der Waals surface area contributed by atoms with Gasteiger partial charge in [-0.05, 0) is 19.3 Å². The Balaban J connectivity index is 2.00. The fourth-order valence-corrected chi connectivity index (χ4v) is 2.23. The second-order valence-electron chi connectivity index (χ2n) is 4.80. The molecule has 0 aliphatic heterocycles. The summed E-state index contributed by atoms with van der Waals surface area (Å²) in [5, 5.41) is 6.27. The highest BCUT2D eigenvalue weighted by Crippen LogP contribution is 2.22. The second-order valence-corrected chi connectivity index (χ2v) is 4.80. The van der Waals surface area contributed by atoms with Crippen LogP contribution in [0, 0.1) is 5.82 Å². The Morgan fingerprint density at radius 1 is 1.33 bits per heavy atom. The van der Waals surface area contributed by atoms with Crippen LogP contribution in [0.1, 0.15) is 45.4 Å². The van der Waals surface area contributed by atoms with E-state index >= 15 is 0 Å².